The molecule has 0 aromatic rings. The van der Waals surface area contributed by atoms with Crippen LogP contribution in [-0.2, 0) is 9.59 Å². The Morgan fingerprint density at radius 1 is 1.31 bits per heavy atom. The molecule has 0 spiro atoms. The number of carbonyl (C=O) groups is 2. The average molecular weight is 226 g/mol. The van der Waals surface area contributed by atoms with Gasteiger partial charge in [-0.2, -0.15) is 0 Å². The molecule has 0 bridgehead atoms. The summed E-state index contributed by atoms with van der Waals surface area (Å²) in [6.45, 7) is 10.1. The molecule has 0 aromatic carbocycles. The van der Waals surface area contributed by atoms with Crippen molar-refractivity contribution in [3.8, 4) is 0 Å². The fourth-order valence-corrected chi connectivity index (χ4v) is 1.86. The normalized spacial score (nSPS) is 17.9. The summed E-state index contributed by atoms with van der Waals surface area (Å²) >= 11 is 0. The largest absolute Gasteiger partial charge is 0.339 e. The van der Waals surface area contributed by atoms with E-state index in [2.05, 4.69) is 6.92 Å². The molecule has 0 radical (unpaired) electrons. The van der Waals surface area contributed by atoms with Crippen molar-refractivity contribution >= 4 is 11.8 Å². The highest BCUT2D eigenvalue weighted by molar-refractivity contribution is 5.88. The molecule has 1 saturated heterocycles. The molecule has 4 nitrogen and oxygen atoms in total. The first-order valence-electron chi connectivity index (χ1n) is 5.93. The third-order valence-corrected chi connectivity index (χ3v) is 2.74. The highest BCUT2D eigenvalue weighted by atomic mass is 16.2. The van der Waals surface area contributed by atoms with Gasteiger partial charge in [0.2, 0.25) is 11.8 Å². The fraction of sp³-hybridized carbons (Fsp3) is 0.833. The van der Waals surface area contributed by atoms with Crippen LogP contribution in [0.5, 0.6) is 0 Å². The van der Waals surface area contributed by atoms with E-state index in [1.54, 1.807) is 4.90 Å². The van der Waals surface area contributed by atoms with Crippen LogP contribution in [0.2, 0.25) is 0 Å². The van der Waals surface area contributed by atoms with Crippen LogP contribution in [-0.4, -0.2) is 47.8 Å². The number of nitrogens with zero attached hydrogens (tertiary/aromatic N) is 2. The molecule has 0 N–H and O–H groups in total. The number of carbonyl (C=O) groups excluding carboxylic acids is 2. The number of hydrogen-bond acceptors (Lipinski definition) is 2. The molecular formula is C12H22N2O2. The van der Waals surface area contributed by atoms with Gasteiger partial charge in [-0.1, -0.05) is 27.7 Å². The Morgan fingerprint density at radius 2 is 1.94 bits per heavy atom. The predicted octanol–water partition coefficient (Wildman–Crippen LogP) is 1.11. The van der Waals surface area contributed by atoms with Gasteiger partial charge in [-0.15, -0.1) is 0 Å². The lowest BCUT2D eigenvalue weighted by atomic mass is 9.94. The lowest BCUT2D eigenvalue weighted by Gasteiger charge is -2.37. The number of piperazine rings is 1. The van der Waals surface area contributed by atoms with E-state index in [0.717, 1.165) is 13.0 Å². The van der Waals surface area contributed by atoms with Crippen molar-refractivity contribution in [2.75, 3.05) is 26.2 Å². The second-order valence-corrected chi connectivity index (χ2v) is 5.36. The molecular weight excluding hydrogens is 204 g/mol. The van der Waals surface area contributed by atoms with Crippen LogP contribution >= 0.6 is 0 Å². The van der Waals surface area contributed by atoms with Crippen LogP contribution in [0.25, 0.3) is 0 Å². The SMILES string of the molecule is CCCN1CCN(C(=O)C(C)(C)C)CC1=O. The molecule has 1 aliphatic rings. The van der Waals surface area contributed by atoms with Crippen molar-refractivity contribution in [3.63, 3.8) is 0 Å². The first-order valence-corrected chi connectivity index (χ1v) is 5.93. The Kier molecular flexibility index (Phi) is 3.94. The van der Waals surface area contributed by atoms with Gasteiger partial charge in [-0.3, -0.25) is 9.59 Å². The van der Waals surface area contributed by atoms with Crippen molar-refractivity contribution in [3.05, 3.63) is 0 Å². The van der Waals surface area contributed by atoms with Gasteiger partial charge in [0.1, 0.15) is 0 Å². The van der Waals surface area contributed by atoms with Gasteiger partial charge in [0.25, 0.3) is 0 Å². The zero-order valence-electron chi connectivity index (χ0n) is 10.7. The maximum absolute atomic E-state index is 12.0. The monoisotopic (exact) mass is 226 g/mol. The molecule has 16 heavy (non-hydrogen) atoms. The second kappa shape index (κ2) is 4.85. The third kappa shape index (κ3) is 2.97. The fourth-order valence-electron chi connectivity index (χ4n) is 1.86. The van der Waals surface area contributed by atoms with E-state index in [0.29, 0.717) is 13.1 Å². The van der Waals surface area contributed by atoms with Crippen LogP contribution in [0, 0.1) is 5.41 Å². The molecule has 0 aromatic heterocycles. The number of amides is 2. The zero-order chi connectivity index (χ0) is 12.3. The molecule has 92 valence electrons. The van der Waals surface area contributed by atoms with E-state index in [-0.39, 0.29) is 18.4 Å². The maximum Gasteiger partial charge on any atom is 0.242 e. The van der Waals surface area contributed by atoms with E-state index < -0.39 is 5.41 Å². The van der Waals surface area contributed by atoms with Gasteiger partial charge in [-0.05, 0) is 6.42 Å². The van der Waals surface area contributed by atoms with E-state index in [4.69, 9.17) is 0 Å². The first kappa shape index (κ1) is 13.0. The molecule has 0 unspecified atom stereocenters. The third-order valence-electron chi connectivity index (χ3n) is 2.74. The van der Waals surface area contributed by atoms with Crippen LogP contribution in [0.15, 0.2) is 0 Å². The summed E-state index contributed by atoms with van der Waals surface area (Å²) in [5.74, 6) is 0.141. The molecule has 0 atom stereocenters. The van der Waals surface area contributed by atoms with Crippen molar-refractivity contribution < 1.29 is 9.59 Å². The van der Waals surface area contributed by atoms with E-state index in [1.165, 1.54) is 0 Å². The van der Waals surface area contributed by atoms with Crippen LogP contribution in [0.3, 0.4) is 0 Å². The highest BCUT2D eigenvalue weighted by Crippen LogP contribution is 2.18. The van der Waals surface area contributed by atoms with Crippen LogP contribution in [0.4, 0.5) is 0 Å². The van der Waals surface area contributed by atoms with E-state index in [9.17, 15) is 9.59 Å². The molecule has 0 aliphatic carbocycles. The first-order chi connectivity index (χ1) is 7.36. The van der Waals surface area contributed by atoms with Gasteiger partial charge in [0.05, 0.1) is 6.54 Å². The summed E-state index contributed by atoms with van der Waals surface area (Å²) in [6.07, 6.45) is 0.971. The standard InChI is InChI=1S/C12H22N2O2/c1-5-6-13-7-8-14(9-10(13)15)11(16)12(2,3)4/h5-9H2,1-4H3. The summed E-state index contributed by atoms with van der Waals surface area (Å²) in [4.78, 5) is 27.3. The zero-order valence-corrected chi connectivity index (χ0v) is 10.7. The lowest BCUT2D eigenvalue weighted by Crippen LogP contribution is -2.54. The Morgan fingerprint density at radius 3 is 2.38 bits per heavy atom. The quantitative estimate of drug-likeness (QED) is 0.708. The summed E-state index contributed by atoms with van der Waals surface area (Å²) in [7, 11) is 0. The Hall–Kier alpha value is -1.06. The van der Waals surface area contributed by atoms with Gasteiger partial charge in [0.15, 0.2) is 0 Å². The Balaban J connectivity index is 2.58. The summed E-state index contributed by atoms with van der Waals surface area (Å²) in [5, 5.41) is 0. The summed E-state index contributed by atoms with van der Waals surface area (Å²) in [6, 6.07) is 0. The smallest absolute Gasteiger partial charge is 0.242 e. The van der Waals surface area contributed by atoms with Gasteiger partial charge in [0, 0.05) is 25.0 Å². The highest BCUT2D eigenvalue weighted by Gasteiger charge is 2.32. The van der Waals surface area contributed by atoms with Crippen LogP contribution in [0.1, 0.15) is 34.1 Å². The molecule has 4 heteroatoms. The molecule has 2 amide bonds. The molecule has 1 aliphatic heterocycles. The minimum atomic E-state index is -0.396. The predicted molar refractivity (Wildman–Crippen MR) is 62.9 cm³/mol. The Labute approximate surface area is 97.6 Å². The Bertz CT molecular complexity index is 281. The summed E-state index contributed by atoms with van der Waals surface area (Å²) < 4.78 is 0. The number of rotatable bonds is 2. The van der Waals surface area contributed by atoms with E-state index in [1.807, 2.05) is 25.7 Å². The van der Waals surface area contributed by atoms with E-state index >= 15 is 0 Å². The van der Waals surface area contributed by atoms with Gasteiger partial charge >= 0.3 is 0 Å². The molecule has 0 saturated carbocycles. The van der Waals surface area contributed by atoms with Crippen molar-refractivity contribution in [2.24, 2.45) is 5.41 Å². The van der Waals surface area contributed by atoms with Gasteiger partial charge < -0.3 is 9.80 Å². The minimum absolute atomic E-state index is 0.0667. The lowest BCUT2D eigenvalue weighted by molar-refractivity contribution is -0.149. The molecule has 1 rings (SSSR count). The second-order valence-electron chi connectivity index (χ2n) is 5.36. The van der Waals surface area contributed by atoms with Crippen molar-refractivity contribution in [1.82, 2.24) is 9.80 Å². The topological polar surface area (TPSA) is 40.6 Å². The maximum atomic E-state index is 12.0. The minimum Gasteiger partial charge on any atom is -0.339 e. The van der Waals surface area contributed by atoms with Crippen molar-refractivity contribution in [2.45, 2.75) is 34.1 Å². The average Bonchev–Trinajstić information content (AvgIpc) is 2.19. The van der Waals surface area contributed by atoms with Crippen LogP contribution < -0.4 is 0 Å². The molecule has 1 heterocycles. The van der Waals surface area contributed by atoms with Gasteiger partial charge in [-0.25, -0.2) is 0 Å². The summed E-state index contributed by atoms with van der Waals surface area (Å²) in [5.41, 5.74) is -0.396. The number of hydrogen-bond donors (Lipinski definition) is 0. The van der Waals surface area contributed by atoms with Crippen molar-refractivity contribution in [1.29, 1.82) is 0 Å². The molecule has 1 fully saturated rings.